The first kappa shape index (κ1) is 18.7. The van der Waals surface area contributed by atoms with Crippen molar-refractivity contribution in [2.45, 2.75) is 0 Å². The Morgan fingerprint density at radius 2 is 1.62 bits per heavy atom. The number of nitrogens with zero attached hydrogens (tertiary/aromatic N) is 5. The molecule has 1 N–H and O–H groups in total. The van der Waals surface area contributed by atoms with Crippen LogP contribution in [0.2, 0.25) is 0 Å². The number of anilines is 3. The minimum atomic E-state index is -0.325. The number of hydrogen-bond donors (Lipinski definition) is 1. The molecule has 1 fully saturated rings. The molecule has 0 aliphatic carbocycles. The quantitative estimate of drug-likeness (QED) is 0.716. The predicted molar refractivity (Wildman–Crippen MR) is 112 cm³/mol. The van der Waals surface area contributed by atoms with Gasteiger partial charge in [0, 0.05) is 32.4 Å². The first-order chi connectivity index (χ1) is 14.2. The summed E-state index contributed by atoms with van der Waals surface area (Å²) in [5.74, 6) is 2.02. The highest BCUT2D eigenvalue weighted by molar-refractivity contribution is 6.03. The Kier molecular flexibility index (Phi) is 5.51. The molecule has 3 heterocycles. The van der Waals surface area contributed by atoms with Crippen LogP contribution in [0.25, 0.3) is 0 Å². The van der Waals surface area contributed by atoms with Crippen LogP contribution in [0.1, 0.15) is 10.5 Å². The van der Waals surface area contributed by atoms with Gasteiger partial charge in [0.1, 0.15) is 23.1 Å². The van der Waals surface area contributed by atoms with E-state index in [4.69, 9.17) is 4.74 Å². The van der Waals surface area contributed by atoms with Gasteiger partial charge in [-0.15, -0.1) is 0 Å². The molecule has 1 aliphatic rings. The first-order valence-corrected chi connectivity index (χ1v) is 9.42. The summed E-state index contributed by atoms with van der Waals surface area (Å²) in [6.07, 6.45) is 4.96. The lowest BCUT2D eigenvalue weighted by molar-refractivity contribution is 0.102. The number of piperazine rings is 1. The van der Waals surface area contributed by atoms with Gasteiger partial charge < -0.3 is 19.9 Å². The van der Waals surface area contributed by atoms with Crippen LogP contribution in [0.4, 0.5) is 17.3 Å². The van der Waals surface area contributed by atoms with Gasteiger partial charge in [-0.3, -0.25) is 4.79 Å². The number of hydrogen-bond acceptors (Lipinski definition) is 7. The largest absolute Gasteiger partial charge is 0.495 e. The number of carbonyl (C=O) groups excluding carboxylic acids is 1. The summed E-state index contributed by atoms with van der Waals surface area (Å²) in [5.41, 5.74) is 0.850. The highest BCUT2D eigenvalue weighted by Crippen LogP contribution is 2.23. The molecule has 0 radical (unpaired) electrons. The molecule has 8 heteroatoms. The van der Waals surface area contributed by atoms with Crippen LogP contribution in [-0.4, -0.2) is 54.1 Å². The molecule has 4 rings (SSSR count). The van der Waals surface area contributed by atoms with Gasteiger partial charge in [-0.1, -0.05) is 18.2 Å². The number of para-hydroxylation sites is 2. The molecule has 0 atom stereocenters. The van der Waals surface area contributed by atoms with Crippen molar-refractivity contribution in [1.29, 1.82) is 0 Å². The van der Waals surface area contributed by atoms with E-state index < -0.39 is 0 Å². The number of aromatic nitrogens is 3. The number of amides is 1. The molecule has 1 saturated heterocycles. The van der Waals surface area contributed by atoms with Crippen molar-refractivity contribution in [3.05, 3.63) is 66.7 Å². The van der Waals surface area contributed by atoms with Gasteiger partial charge in [0.05, 0.1) is 25.2 Å². The standard InChI is InChI=1S/C21H22N6O2/c1-29-18-7-3-2-6-16(18)25-21(28)17-14-24-20(15-23-17)27-12-10-26(11-13-27)19-8-4-5-9-22-19/h2-9,14-15H,10-13H2,1H3,(H,25,28). The number of ether oxygens (including phenoxy) is 1. The SMILES string of the molecule is COc1ccccc1NC(=O)c1cnc(N2CCN(c3ccccn3)CC2)cn1. The average molecular weight is 390 g/mol. The monoisotopic (exact) mass is 390 g/mol. The lowest BCUT2D eigenvalue weighted by Gasteiger charge is -2.35. The Bertz CT molecular complexity index is 956. The second-order valence-corrected chi connectivity index (χ2v) is 6.58. The fraction of sp³-hybridized carbons (Fsp3) is 0.238. The highest BCUT2D eigenvalue weighted by atomic mass is 16.5. The van der Waals surface area contributed by atoms with Gasteiger partial charge in [0.2, 0.25) is 0 Å². The second-order valence-electron chi connectivity index (χ2n) is 6.58. The van der Waals surface area contributed by atoms with E-state index in [1.807, 2.05) is 36.5 Å². The minimum absolute atomic E-state index is 0.256. The maximum Gasteiger partial charge on any atom is 0.275 e. The van der Waals surface area contributed by atoms with Crippen molar-refractivity contribution >= 4 is 23.2 Å². The first-order valence-electron chi connectivity index (χ1n) is 9.42. The van der Waals surface area contributed by atoms with Crippen LogP contribution >= 0.6 is 0 Å². The lowest BCUT2D eigenvalue weighted by Crippen LogP contribution is -2.47. The fourth-order valence-corrected chi connectivity index (χ4v) is 3.24. The van der Waals surface area contributed by atoms with E-state index in [1.54, 1.807) is 25.4 Å². The zero-order valence-corrected chi connectivity index (χ0v) is 16.2. The third-order valence-electron chi connectivity index (χ3n) is 4.80. The Morgan fingerprint density at radius 3 is 2.28 bits per heavy atom. The van der Waals surface area contributed by atoms with E-state index in [0.29, 0.717) is 11.4 Å². The zero-order chi connectivity index (χ0) is 20.1. The van der Waals surface area contributed by atoms with Crippen LogP contribution in [-0.2, 0) is 0 Å². The fourth-order valence-electron chi connectivity index (χ4n) is 3.24. The summed E-state index contributed by atoms with van der Waals surface area (Å²) >= 11 is 0. The van der Waals surface area contributed by atoms with Crippen molar-refractivity contribution in [2.24, 2.45) is 0 Å². The molecular formula is C21H22N6O2. The van der Waals surface area contributed by atoms with E-state index in [9.17, 15) is 4.79 Å². The van der Waals surface area contributed by atoms with Gasteiger partial charge in [0.25, 0.3) is 5.91 Å². The molecule has 0 bridgehead atoms. The van der Waals surface area contributed by atoms with Crippen molar-refractivity contribution in [2.75, 3.05) is 48.4 Å². The molecule has 0 saturated carbocycles. The van der Waals surface area contributed by atoms with Crippen LogP contribution < -0.4 is 19.9 Å². The summed E-state index contributed by atoms with van der Waals surface area (Å²) in [4.78, 5) is 30.0. The molecule has 1 amide bonds. The number of rotatable bonds is 5. The summed E-state index contributed by atoms with van der Waals surface area (Å²) in [6, 6.07) is 13.2. The zero-order valence-electron chi connectivity index (χ0n) is 16.2. The number of nitrogens with one attached hydrogen (secondary N) is 1. The van der Waals surface area contributed by atoms with Crippen LogP contribution in [0.15, 0.2) is 61.1 Å². The Morgan fingerprint density at radius 1 is 0.897 bits per heavy atom. The minimum Gasteiger partial charge on any atom is -0.495 e. The predicted octanol–water partition coefficient (Wildman–Crippen LogP) is 2.46. The van der Waals surface area contributed by atoms with Crippen LogP contribution in [0.3, 0.4) is 0 Å². The van der Waals surface area contributed by atoms with Crippen molar-refractivity contribution in [3.8, 4) is 5.75 Å². The summed E-state index contributed by atoms with van der Waals surface area (Å²) in [7, 11) is 1.56. The maximum atomic E-state index is 12.5. The summed E-state index contributed by atoms with van der Waals surface area (Å²) in [5, 5.41) is 2.81. The topological polar surface area (TPSA) is 83.5 Å². The molecule has 8 nitrogen and oxygen atoms in total. The van der Waals surface area contributed by atoms with E-state index in [2.05, 4.69) is 30.1 Å². The van der Waals surface area contributed by atoms with Crippen molar-refractivity contribution in [1.82, 2.24) is 15.0 Å². The number of benzene rings is 1. The van der Waals surface area contributed by atoms with Gasteiger partial charge in [-0.2, -0.15) is 0 Å². The van der Waals surface area contributed by atoms with Gasteiger partial charge in [-0.05, 0) is 24.3 Å². The normalized spacial score (nSPS) is 13.8. The lowest BCUT2D eigenvalue weighted by atomic mass is 10.2. The van der Waals surface area contributed by atoms with Crippen LogP contribution in [0.5, 0.6) is 5.75 Å². The van der Waals surface area contributed by atoms with E-state index in [1.165, 1.54) is 6.20 Å². The van der Waals surface area contributed by atoms with E-state index in [0.717, 1.165) is 37.8 Å². The molecule has 0 unspecified atom stereocenters. The molecule has 3 aromatic rings. The third-order valence-corrected chi connectivity index (χ3v) is 4.80. The highest BCUT2D eigenvalue weighted by Gasteiger charge is 2.20. The van der Waals surface area contributed by atoms with Crippen LogP contribution in [0, 0.1) is 0 Å². The second kappa shape index (κ2) is 8.55. The third kappa shape index (κ3) is 4.26. The molecule has 148 valence electrons. The van der Waals surface area contributed by atoms with Gasteiger partial charge in [0.15, 0.2) is 0 Å². The Hall–Kier alpha value is -3.68. The van der Waals surface area contributed by atoms with E-state index >= 15 is 0 Å². The van der Waals surface area contributed by atoms with Crippen molar-refractivity contribution in [3.63, 3.8) is 0 Å². The Labute approximate surface area is 169 Å². The average Bonchev–Trinajstić information content (AvgIpc) is 2.80. The molecule has 0 spiro atoms. The smallest absolute Gasteiger partial charge is 0.275 e. The van der Waals surface area contributed by atoms with Crippen molar-refractivity contribution < 1.29 is 9.53 Å². The number of carbonyl (C=O) groups is 1. The molecule has 2 aromatic heterocycles. The molecule has 1 aliphatic heterocycles. The van der Waals surface area contributed by atoms with E-state index in [-0.39, 0.29) is 11.6 Å². The molecule has 29 heavy (non-hydrogen) atoms. The van der Waals surface area contributed by atoms with Gasteiger partial charge in [-0.25, -0.2) is 15.0 Å². The number of pyridine rings is 1. The maximum absolute atomic E-state index is 12.5. The summed E-state index contributed by atoms with van der Waals surface area (Å²) in [6.45, 7) is 3.35. The summed E-state index contributed by atoms with van der Waals surface area (Å²) < 4.78 is 5.26. The Balaban J connectivity index is 1.37. The van der Waals surface area contributed by atoms with Gasteiger partial charge >= 0.3 is 0 Å². The molecular weight excluding hydrogens is 368 g/mol. The molecule has 1 aromatic carbocycles. The number of methoxy groups -OCH3 is 1.